The zero-order valence-corrected chi connectivity index (χ0v) is 17.7. The summed E-state index contributed by atoms with van der Waals surface area (Å²) < 4.78 is 59.6. The van der Waals surface area contributed by atoms with Gasteiger partial charge < -0.3 is 27.6 Å². The van der Waals surface area contributed by atoms with Gasteiger partial charge >= 0.3 is 15.2 Å². The summed E-state index contributed by atoms with van der Waals surface area (Å²) in [5.41, 5.74) is 0. The number of rotatable bonds is 1. The molecule has 0 saturated carbocycles. The Balaban J connectivity index is 1.85. The van der Waals surface area contributed by atoms with Crippen molar-refractivity contribution in [2.24, 2.45) is 11.8 Å². The van der Waals surface area contributed by atoms with Crippen LogP contribution in [0.3, 0.4) is 0 Å². The van der Waals surface area contributed by atoms with E-state index in [2.05, 4.69) is 0 Å². The van der Waals surface area contributed by atoms with Crippen molar-refractivity contribution >= 4 is 37.9 Å². The quantitative estimate of drug-likeness (QED) is 0.466. The lowest BCUT2D eigenvalue weighted by Gasteiger charge is -2.28. The Morgan fingerprint density at radius 3 is 1.93 bits per heavy atom. The van der Waals surface area contributed by atoms with E-state index in [-0.39, 0.29) is 25.0 Å². The number of ether oxygens (including phenoxy) is 2. The van der Waals surface area contributed by atoms with Crippen LogP contribution in [0.5, 0.6) is 0 Å². The highest BCUT2D eigenvalue weighted by atomic mass is 31.2. The van der Waals surface area contributed by atoms with Crippen molar-refractivity contribution < 1.29 is 36.7 Å². The van der Waals surface area contributed by atoms with E-state index in [1.165, 1.54) is 20.5 Å². The van der Waals surface area contributed by atoms with E-state index >= 15 is 0 Å². The Hall–Kier alpha value is 0.415. The molecule has 0 aliphatic carbocycles. The molecule has 3 aliphatic rings. The lowest BCUT2D eigenvalue weighted by molar-refractivity contribution is 0.0134. The molecule has 3 saturated heterocycles. The standard InChI is InChI=1S/C14H24B3O8P2/c1-7-9-5-20-27(4,19)25-12-8(2)10(23-14(12)17-16)6-21-26(3,18)24-11(7)13(15)22-9/h7-14H,5-6H2,1-4H3/t7-,8-,9-,10-,11-,12-,13?,14?,26?,27?/m1/s1. The van der Waals surface area contributed by atoms with Crippen molar-refractivity contribution in [1.82, 2.24) is 0 Å². The Bertz CT molecular complexity index is 639. The highest BCUT2D eigenvalue weighted by molar-refractivity contribution is 7.53. The molecular formula is C14H24B3O8P2. The zero-order chi connectivity index (χ0) is 20.0. The van der Waals surface area contributed by atoms with Gasteiger partial charge in [-0.2, -0.15) is 0 Å². The topological polar surface area (TPSA) is 89.5 Å². The maximum Gasteiger partial charge on any atom is 0.328 e. The molecule has 147 valence electrons. The van der Waals surface area contributed by atoms with Gasteiger partial charge in [0.25, 0.3) is 0 Å². The van der Waals surface area contributed by atoms with Crippen molar-refractivity contribution in [1.29, 1.82) is 0 Å². The maximum absolute atomic E-state index is 12.8. The van der Waals surface area contributed by atoms with Crippen molar-refractivity contribution in [3.05, 3.63) is 0 Å². The number of fused-ring (bicyclic) bond motifs is 4. The Labute approximate surface area is 163 Å². The van der Waals surface area contributed by atoms with Gasteiger partial charge in [0.05, 0.1) is 44.8 Å². The molecule has 4 bridgehead atoms. The van der Waals surface area contributed by atoms with Gasteiger partial charge in [-0.15, -0.1) is 0 Å². The van der Waals surface area contributed by atoms with Crippen molar-refractivity contribution in [2.45, 2.75) is 50.3 Å². The molecule has 10 atom stereocenters. The predicted molar refractivity (Wildman–Crippen MR) is 102 cm³/mol. The SMILES string of the molecule is [B][B]C1O[C@@H]2COP(C)(=O)O[C@H]3C([B])O[C@H](COP(C)(=O)O[C@@H]1[C@@H]2C)[C@H]3C. The minimum absolute atomic E-state index is 0.000228. The van der Waals surface area contributed by atoms with E-state index in [4.69, 9.17) is 43.2 Å². The molecule has 3 rings (SSSR count). The first-order valence-electron chi connectivity index (χ1n) is 8.95. The molecule has 0 amide bonds. The van der Waals surface area contributed by atoms with Crippen LogP contribution in [-0.2, 0) is 36.7 Å². The summed E-state index contributed by atoms with van der Waals surface area (Å²) >= 11 is 0. The van der Waals surface area contributed by atoms with Crippen molar-refractivity contribution in [3.63, 3.8) is 0 Å². The molecule has 3 fully saturated rings. The van der Waals surface area contributed by atoms with Crippen LogP contribution in [-0.4, -0.2) is 85.7 Å². The highest BCUT2D eigenvalue weighted by Gasteiger charge is 2.47. The maximum atomic E-state index is 12.8. The van der Waals surface area contributed by atoms with Crippen molar-refractivity contribution in [3.8, 4) is 0 Å². The van der Waals surface area contributed by atoms with Crippen LogP contribution >= 0.6 is 15.2 Å². The van der Waals surface area contributed by atoms with E-state index in [1.807, 2.05) is 13.8 Å². The second kappa shape index (κ2) is 8.27. The third kappa shape index (κ3) is 4.95. The van der Waals surface area contributed by atoms with Gasteiger partial charge in [0.15, 0.2) is 0 Å². The highest BCUT2D eigenvalue weighted by Crippen LogP contribution is 2.53. The molecule has 13 heteroatoms. The van der Waals surface area contributed by atoms with Crippen LogP contribution in [0.2, 0.25) is 0 Å². The van der Waals surface area contributed by atoms with E-state index in [0.29, 0.717) is 0 Å². The van der Waals surface area contributed by atoms with Crippen LogP contribution < -0.4 is 0 Å². The van der Waals surface area contributed by atoms with Crippen LogP contribution in [0.1, 0.15) is 13.8 Å². The third-order valence-corrected chi connectivity index (χ3v) is 7.77. The summed E-state index contributed by atoms with van der Waals surface area (Å²) in [5.74, 6) is -0.458. The zero-order valence-electron chi connectivity index (χ0n) is 15.9. The number of hydrogen-bond acceptors (Lipinski definition) is 8. The largest absolute Gasteiger partial charge is 0.379 e. The molecule has 3 heterocycles. The molecule has 0 aromatic carbocycles. The van der Waals surface area contributed by atoms with E-state index in [9.17, 15) is 9.13 Å². The smallest absolute Gasteiger partial charge is 0.328 e. The fourth-order valence-corrected chi connectivity index (χ4v) is 6.06. The van der Waals surface area contributed by atoms with Crippen LogP contribution in [0.15, 0.2) is 0 Å². The van der Waals surface area contributed by atoms with Crippen LogP contribution in [0.25, 0.3) is 0 Å². The third-order valence-electron chi connectivity index (χ3n) is 5.28. The molecule has 0 N–H and O–H groups in total. The van der Waals surface area contributed by atoms with Gasteiger partial charge in [0, 0.05) is 44.9 Å². The van der Waals surface area contributed by atoms with E-state index in [1.54, 1.807) is 0 Å². The van der Waals surface area contributed by atoms with Gasteiger partial charge in [-0.05, 0) is 0 Å². The minimum Gasteiger partial charge on any atom is -0.379 e. The van der Waals surface area contributed by atoms with Crippen molar-refractivity contribution in [2.75, 3.05) is 26.5 Å². The molecule has 27 heavy (non-hydrogen) atoms. The summed E-state index contributed by atoms with van der Waals surface area (Å²) in [7, 11) is 6.14. The summed E-state index contributed by atoms with van der Waals surface area (Å²) in [5, 5.41) is 0. The van der Waals surface area contributed by atoms with Gasteiger partial charge in [0.1, 0.15) is 7.85 Å². The first-order valence-corrected chi connectivity index (χ1v) is 12.9. The molecule has 3 aliphatic heterocycles. The first kappa shape index (κ1) is 22.1. The van der Waals surface area contributed by atoms with Crippen LogP contribution in [0.4, 0.5) is 0 Å². The predicted octanol–water partition coefficient (Wildman–Crippen LogP) is 1.13. The van der Waals surface area contributed by atoms with Gasteiger partial charge in [-0.3, -0.25) is 9.13 Å². The summed E-state index contributed by atoms with van der Waals surface area (Å²) in [4.78, 5) is 0. The van der Waals surface area contributed by atoms with E-state index < -0.39 is 51.6 Å². The first-order chi connectivity index (χ1) is 12.5. The molecule has 8 nitrogen and oxygen atoms in total. The van der Waals surface area contributed by atoms with Gasteiger partial charge in [-0.1, -0.05) is 13.8 Å². The Morgan fingerprint density at radius 2 is 1.37 bits per heavy atom. The summed E-state index contributed by atoms with van der Waals surface area (Å²) in [6.07, 6.45) is -2.17. The molecular weight excluding hydrogens is 391 g/mol. The Morgan fingerprint density at radius 1 is 0.889 bits per heavy atom. The lowest BCUT2D eigenvalue weighted by atomic mass is 9.50. The summed E-state index contributed by atoms with van der Waals surface area (Å²) in [6.45, 7) is 6.50. The average molecular weight is 415 g/mol. The van der Waals surface area contributed by atoms with E-state index in [0.717, 1.165) is 0 Å². The molecule has 5 radical (unpaired) electrons. The lowest BCUT2D eigenvalue weighted by Crippen LogP contribution is -2.34. The fraction of sp³-hybridized carbons (Fsp3) is 1.00. The fourth-order valence-electron chi connectivity index (χ4n) is 3.60. The summed E-state index contributed by atoms with van der Waals surface area (Å²) in [6, 6.07) is -1.39. The average Bonchev–Trinajstić information content (AvgIpc) is 3.01. The van der Waals surface area contributed by atoms with Gasteiger partial charge in [-0.25, -0.2) is 0 Å². The normalized spacial score (nSPS) is 54.4. The molecule has 4 unspecified atom stereocenters. The molecule has 0 aromatic heterocycles. The van der Waals surface area contributed by atoms with Gasteiger partial charge in [0.2, 0.25) is 0 Å². The number of hydrogen-bond donors (Lipinski definition) is 0. The molecule has 0 aromatic rings. The van der Waals surface area contributed by atoms with Crippen LogP contribution in [0, 0.1) is 11.8 Å². The Kier molecular flexibility index (Phi) is 6.77. The minimum atomic E-state index is -3.41. The monoisotopic (exact) mass is 415 g/mol. The molecule has 0 spiro atoms. The second-order valence-corrected chi connectivity index (χ2v) is 11.5. The second-order valence-electron chi connectivity index (χ2n) is 7.46.